The van der Waals surface area contributed by atoms with Crippen LogP contribution in [-0.2, 0) is 19.3 Å². The molecule has 3 aromatic rings. The first kappa shape index (κ1) is 41.7. The molecule has 0 aliphatic carbocycles. The highest BCUT2D eigenvalue weighted by atomic mass is 16.3. The number of aromatic hydroxyl groups is 2. The number of phenolic OH excluding ortho intramolecular Hbond substituents is 2. The van der Waals surface area contributed by atoms with Crippen LogP contribution in [0.4, 0.5) is 0 Å². The van der Waals surface area contributed by atoms with E-state index in [4.69, 9.17) is 5.73 Å². The number of rotatable bonds is 25. The zero-order valence-electron chi connectivity index (χ0n) is 31.3. The second-order valence-corrected chi connectivity index (χ2v) is 14.5. The first-order valence-electron chi connectivity index (χ1n) is 19.3. The Hall–Kier alpha value is -3.10. The van der Waals surface area contributed by atoms with Crippen molar-refractivity contribution in [1.82, 2.24) is 31.5 Å². The molecule has 52 heavy (non-hydrogen) atoms. The number of benzene rings is 3. The van der Waals surface area contributed by atoms with Gasteiger partial charge in [-0.3, -0.25) is 4.90 Å². The average Bonchev–Trinajstić information content (AvgIpc) is 3.59. The molecule has 1 aliphatic rings. The molecule has 11 nitrogen and oxygen atoms in total. The molecule has 1 fully saturated rings. The predicted molar refractivity (Wildman–Crippen MR) is 211 cm³/mol. The fraction of sp³-hybridized carbons (Fsp3) is 0.561. The second kappa shape index (κ2) is 22.9. The van der Waals surface area contributed by atoms with Crippen molar-refractivity contribution in [3.05, 3.63) is 95.6 Å². The Morgan fingerprint density at radius 2 is 1.25 bits per heavy atom. The van der Waals surface area contributed by atoms with Gasteiger partial charge in [-0.1, -0.05) is 61.5 Å². The van der Waals surface area contributed by atoms with Crippen molar-refractivity contribution in [1.29, 1.82) is 0 Å². The molecule has 1 saturated heterocycles. The van der Waals surface area contributed by atoms with Gasteiger partial charge in [-0.05, 0) is 93.1 Å². The van der Waals surface area contributed by atoms with E-state index < -0.39 is 6.10 Å². The van der Waals surface area contributed by atoms with E-state index in [1.54, 1.807) is 31.2 Å². The first-order chi connectivity index (χ1) is 25.3. The molecule has 0 bridgehead atoms. The highest BCUT2D eigenvalue weighted by Crippen LogP contribution is 2.19. The summed E-state index contributed by atoms with van der Waals surface area (Å²) in [7, 11) is 0. The Balaban J connectivity index is 1.43. The van der Waals surface area contributed by atoms with E-state index in [2.05, 4.69) is 68.7 Å². The number of phenols is 2. The smallest absolute Gasteiger partial charge is 0.115 e. The van der Waals surface area contributed by atoms with Crippen molar-refractivity contribution < 1.29 is 20.4 Å². The summed E-state index contributed by atoms with van der Waals surface area (Å²) in [6, 6.07) is 26.3. The summed E-state index contributed by atoms with van der Waals surface area (Å²) < 4.78 is 0. The number of nitrogens with one attached hydrogen (secondary N) is 5. The lowest BCUT2D eigenvalue weighted by atomic mass is 10.0. The molecule has 0 amide bonds. The number of nitrogens with two attached hydrogens (primary N) is 1. The lowest BCUT2D eigenvalue weighted by molar-refractivity contribution is 0.130. The third-order valence-electron chi connectivity index (χ3n) is 10.2. The Labute approximate surface area is 311 Å². The lowest BCUT2D eigenvalue weighted by Crippen LogP contribution is -2.54. The summed E-state index contributed by atoms with van der Waals surface area (Å²) in [5.41, 5.74) is 9.41. The molecule has 288 valence electrons. The van der Waals surface area contributed by atoms with Crippen LogP contribution in [0.25, 0.3) is 0 Å². The normalized spacial score (nSPS) is 18.5. The molecule has 4 rings (SSSR count). The highest BCUT2D eigenvalue weighted by Gasteiger charge is 2.29. The number of likely N-dealkylation sites (N-methyl/N-ethyl adjacent to an activating group) is 1. The van der Waals surface area contributed by atoms with Crippen LogP contribution in [0, 0.1) is 0 Å². The number of nitrogens with zero attached hydrogens (tertiary/aromatic N) is 1. The highest BCUT2D eigenvalue weighted by molar-refractivity contribution is 5.27. The summed E-state index contributed by atoms with van der Waals surface area (Å²) in [4.78, 5) is 2.60. The van der Waals surface area contributed by atoms with Crippen molar-refractivity contribution in [3.8, 4) is 11.5 Å². The standard InChI is InChI=1S/C41H65N7O4/c1-3-43-34(20-32-11-15-39(51)16-12-32)24-44-35(21-33-13-17-40(52)18-14-33)25-45-36(22-31-8-5-4-6-9-31)28-48-19-7-10-38(48)26-47-41(30(2)50)27-46-37(23-42)29-49/h4-6,8-9,11-18,30,34-38,41,43-47,49-52H,3,7,10,19-29,42H2,1-2H3/t30-,34+,35+,36+,37+,38+,41+/m1/s1. The van der Waals surface area contributed by atoms with Crippen molar-refractivity contribution >= 4 is 0 Å². The van der Waals surface area contributed by atoms with Crippen LogP contribution in [0.2, 0.25) is 0 Å². The predicted octanol–water partition coefficient (Wildman–Crippen LogP) is 1.73. The number of likely N-dealkylation sites (tertiary alicyclic amines) is 1. The van der Waals surface area contributed by atoms with E-state index in [9.17, 15) is 20.4 Å². The molecule has 0 radical (unpaired) electrons. The third-order valence-corrected chi connectivity index (χ3v) is 10.2. The molecule has 7 atom stereocenters. The van der Waals surface area contributed by atoms with Crippen molar-refractivity contribution in [2.45, 2.75) is 88.3 Å². The molecule has 11 N–H and O–H groups in total. The minimum atomic E-state index is -0.543. The number of aliphatic hydroxyl groups excluding tert-OH is 2. The van der Waals surface area contributed by atoms with Gasteiger partial charge >= 0.3 is 0 Å². The second-order valence-electron chi connectivity index (χ2n) is 14.5. The van der Waals surface area contributed by atoms with Gasteiger partial charge in [0.25, 0.3) is 0 Å². The van der Waals surface area contributed by atoms with E-state index >= 15 is 0 Å². The molecule has 1 heterocycles. The fourth-order valence-corrected chi connectivity index (χ4v) is 7.14. The average molecular weight is 720 g/mol. The van der Waals surface area contributed by atoms with Crippen molar-refractivity contribution in [2.75, 3.05) is 59.0 Å². The summed E-state index contributed by atoms with van der Waals surface area (Å²) in [6.07, 6.45) is 4.27. The van der Waals surface area contributed by atoms with E-state index in [1.807, 2.05) is 24.3 Å². The van der Waals surface area contributed by atoms with Crippen LogP contribution in [0.5, 0.6) is 11.5 Å². The Kier molecular flexibility index (Phi) is 18.3. The van der Waals surface area contributed by atoms with E-state index in [-0.39, 0.29) is 48.3 Å². The van der Waals surface area contributed by atoms with Crippen LogP contribution in [0.15, 0.2) is 78.9 Å². The van der Waals surface area contributed by atoms with Crippen molar-refractivity contribution in [2.24, 2.45) is 5.73 Å². The molecule has 0 saturated carbocycles. The third kappa shape index (κ3) is 14.7. The molecule has 1 aliphatic heterocycles. The fourth-order valence-electron chi connectivity index (χ4n) is 7.14. The minimum absolute atomic E-state index is 0.0312. The van der Waals surface area contributed by atoms with Gasteiger partial charge < -0.3 is 52.7 Å². The maximum Gasteiger partial charge on any atom is 0.115 e. The minimum Gasteiger partial charge on any atom is -0.508 e. The summed E-state index contributed by atoms with van der Waals surface area (Å²) in [5.74, 6) is 0.547. The topological polar surface area (TPSA) is 170 Å². The molecular weight excluding hydrogens is 654 g/mol. The van der Waals surface area contributed by atoms with Gasteiger partial charge in [0, 0.05) is 75.5 Å². The maximum absolute atomic E-state index is 10.5. The largest absolute Gasteiger partial charge is 0.508 e. The Bertz CT molecular complexity index is 1360. The molecule has 11 heteroatoms. The lowest BCUT2D eigenvalue weighted by Gasteiger charge is -2.33. The quantitative estimate of drug-likeness (QED) is 0.0619. The summed E-state index contributed by atoms with van der Waals surface area (Å²) in [6.45, 7) is 9.92. The maximum atomic E-state index is 10.5. The van der Waals surface area contributed by atoms with E-state index in [1.165, 1.54) is 16.7 Å². The SMILES string of the molecule is CCN[C@H](CN[C@H](CN[C@@H](Cc1ccccc1)CN1CCC[C@H]1CN[C@@H](CN[C@@H](CN)CO)[C@@H](C)O)Cc1ccc(O)cc1)Cc1ccc(O)cc1. The molecule has 0 unspecified atom stereocenters. The Morgan fingerprint density at radius 1 is 0.712 bits per heavy atom. The first-order valence-corrected chi connectivity index (χ1v) is 19.3. The van der Waals surface area contributed by atoms with Crippen LogP contribution in [0.1, 0.15) is 43.4 Å². The Morgan fingerprint density at radius 3 is 1.81 bits per heavy atom. The van der Waals surface area contributed by atoms with Gasteiger partial charge in [-0.25, -0.2) is 0 Å². The molecule has 0 aromatic heterocycles. The van der Waals surface area contributed by atoms with E-state index in [0.29, 0.717) is 19.1 Å². The van der Waals surface area contributed by atoms with Crippen LogP contribution in [-0.4, -0.2) is 127 Å². The molecule has 3 aromatic carbocycles. The van der Waals surface area contributed by atoms with Gasteiger partial charge in [-0.15, -0.1) is 0 Å². The van der Waals surface area contributed by atoms with Gasteiger partial charge in [0.05, 0.1) is 12.7 Å². The van der Waals surface area contributed by atoms with Crippen LogP contribution in [0.3, 0.4) is 0 Å². The zero-order chi connectivity index (χ0) is 37.1. The van der Waals surface area contributed by atoms with Gasteiger partial charge in [0.2, 0.25) is 0 Å². The molecule has 0 spiro atoms. The van der Waals surface area contributed by atoms with Gasteiger partial charge in [0.15, 0.2) is 0 Å². The zero-order valence-corrected chi connectivity index (χ0v) is 31.3. The number of hydrogen-bond donors (Lipinski definition) is 10. The number of aliphatic hydroxyl groups is 2. The summed E-state index contributed by atoms with van der Waals surface area (Å²) in [5, 5.41) is 58.1. The van der Waals surface area contributed by atoms with Gasteiger partial charge in [0.1, 0.15) is 11.5 Å². The molecular formula is C41H65N7O4. The summed E-state index contributed by atoms with van der Waals surface area (Å²) >= 11 is 0. The van der Waals surface area contributed by atoms with Crippen molar-refractivity contribution in [3.63, 3.8) is 0 Å². The number of hydrogen-bond acceptors (Lipinski definition) is 11. The van der Waals surface area contributed by atoms with E-state index in [0.717, 1.165) is 71.4 Å². The van der Waals surface area contributed by atoms with Crippen LogP contribution >= 0.6 is 0 Å². The van der Waals surface area contributed by atoms with Crippen LogP contribution < -0.4 is 32.3 Å². The van der Waals surface area contributed by atoms with Gasteiger partial charge in [-0.2, -0.15) is 0 Å². The monoisotopic (exact) mass is 720 g/mol.